The maximum Gasteiger partial charge on any atom is 0.303 e. The maximum atomic E-state index is 10.5. The van der Waals surface area contributed by atoms with E-state index < -0.39 is 5.97 Å². The first-order valence-corrected chi connectivity index (χ1v) is 6.77. The predicted molar refractivity (Wildman–Crippen MR) is 69.7 cm³/mol. The predicted octanol–water partition coefficient (Wildman–Crippen LogP) is 2.65. The van der Waals surface area contributed by atoms with Crippen LogP contribution >= 0.6 is 0 Å². The minimum Gasteiger partial charge on any atom is -0.489 e. The van der Waals surface area contributed by atoms with E-state index in [4.69, 9.17) is 14.6 Å². The molecule has 1 fully saturated rings. The van der Waals surface area contributed by atoms with Crippen molar-refractivity contribution in [3.8, 4) is 11.5 Å². The Balaban J connectivity index is 1.66. The summed E-state index contributed by atoms with van der Waals surface area (Å²) in [4.78, 5) is 10.5. The summed E-state index contributed by atoms with van der Waals surface area (Å²) in [7, 11) is 0. The van der Waals surface area contributed by atoms with Crippen LogP contribution in [0.25, 0.3) is 0 Å². The van der Waals surface area contributed by atoms with Crippen LogP contribution in [0.3, 0.4) is 0 Å². The highest BCUT2D eigenvalue weighted by molar-refractivity contribution is 5.66. The molecule has 0 atom stereocenters. The van der Waals surface area contributed by atoms with E-state index >= 15 is 0 Å². The van der Waals surface area contributed by atoms with Gasteiger partial charge in [-0.3, -0.25) is 4.79 Å². The summed E-state index contributed by atoms with van der Waals surface area (Å²) in [5, 5.41) is 8.64. The van der Waals surface area contributed by atoms with Gasteiger partial charge in [0.2, 0.25) is 0 Å². The number of hydrogen-bond acceptors (Lipinski definition) is 3. The van der Waals surface area contributed by atoms with Gasteiger partial charge in [0.15, 0.2) is 11.5 Å². The summed E-state index contributed by atoms with van der Waals surface area (Å²) in [6.07, 6.45) is 3.99. The number of hydrogen-bond donors (Lipinski definition) is 1. The first-order chi connectivity index (χ1) is 9.17. The largest absolute Gasteiger partial charge is 0.489 e. The van der Waals surface area contributed by atoms with Crippen molar-refractivity contribution in [2.75, 3.05) is 13.2 Å². The molecule has 1 heterocycles. The molecule has 1 saturated carbocycles. The van der Waals surface area contributed by atoms with Crippen LogP contribution in [0.4, 0.5) is 0 Å². The number of carboxylic acids is 1. The zero-order valence-corrected chi connectivity index (χ0v) is 10.9. The van der Waals surface area contributed by atoms with E-state index in [1.807, 2.05) is 18.2 Å². The molecule has 1 N–H and O–H groups in total. The van der Waals surface area contributed by atoms with Crippen LogP contribution < -0.4 is 9.47 Å². The third-order valence-corrected chi connectivity index (χ3v) is 3.89. The number of carboxylic acid groups (broad SMARTS) is 1. The van der Waals surface area contributed by atoms with Crippen molar-refractivity contribution >= 4 is 5.97 Å². The van der Waals surface area contributed by atoms with Gasteiger partial charge >= 0.3 is 5.97 Å². The van der Waals surface area contributed by atoms with Crippen LogP contribution in [0.15, 0.2) is 18.2 Å². The van der Waals surface area contributed by atoms with Crippen LogP contribution in [0.1, 0.15) is 31.2 Å². The standard InChI is InChI=1S/C15H18O4/c16-14(17)3-1-2-11-4-5-12-13(8-11)19-10-15(6-7-15)9-18-12/h4-5,8H,1-3,6-7,9-10H2,(H,16,17). The van der Waals surface area contributed by atoms with Crippen molar-refractivity contribution in [3.63, 3.8) is 0 Å². The van der Waals surface area contributed by atoms with E-state index in [9.17, 15) is 4.79 Å². The third kappa shape index (κ3) is 2.83. The molecule has 2 aliphatic rings. The molecule has 1 spiro atoms. The zero-order valence-electron chi connectivity index (χ0n) is 10.9. The van der Waals surface area contributed by atoms with E-state index in [2.05, 4.69) is 0 Å². The summed E-state index contributed by atoms with van der Waals surface area (Å²) in [5.74, 6) is 0.868. The van der Waals surface area contributed by atoms with Crippen molar-refractivity contribution in [2.24, 2.45) is 5.41 Å². The molecule has 1 aliphatic heterocycles. The third-order valence-electron chi connectivity index (χ3n) is 3.89. The SMILES string of the molecule is O=C(O)CCCc1ccc2c(c1)OCC1(CC1)CO2. The number of carbonyl (C=O) groups is 1. The van der Waals surface area contributed by atoms with E-state index in [0.29, 0.717) is 6.42 Å². The molecular weight excluding hydrogens is 244 g/mol. The molecule has 0 bridgehead atoms. The van der Waals surface area contributed by atoms with Gasteiger partial charge in [0, 0.05) is 11.8 Å². The van der Waals surface area contributed by atoms with E-state index in [0.717, 1.165) is 36.7 Å². The first-order valence-electron chi connectivity index (χ1n) is 6.77. The number of ether oxygens (including phenoxy) is 2. The second kappa shape index (κ2) is 4.76. The molecule has 1 aliphatic carbocycles. The average molecular weight is 262 g/mol. The minimum absolute atomic E-state index is 0.206. The van der Waals surface area contributed by atoms with Crippen molar-refractivity contribution in [1.82, 2.24) is 0 Å². The van der Waals surface area contributed by atoms with Crippen LogP contribution in [0.5, 0.6) is 11.5 Å². The molecular formula is C15H18O4. The molecule has 19 heavy (non-hydrogen) atoms. The molecule has 0 unspecified atom stereocenters. The fraction of sp³-hybridized carbons (Fsp3) is 0.533. The summed E-state index contributed by atoms with van der Waals surface area (Å²) >= 11 is 0. The molecule has 0 radical (unpaired) electrons. The first kappa shape index (κ1) is 12.3. The molecule has 0 aromatic heterocycles. The van der Waals surface area contributed by atoms with Gasteiger partial charge in [-0.25, -0.2) is 0 Å². The highest BCUT2D eigenvalue weighted by atomic mass is 16.5. The van der Waals surface area contributed by atoms with E-state index in [1.54, 1.807) is 0 Å². The lowest BCUT2D eigenvalue weighted by molar-refractivity contribution is -0.137. The molecule has 102 valence electrons. The maximum absolute atomic E-state index is 10.5. The van der Waals surface area contributed by atoms with Gasteiger partial charge in [0.25, 0.3) is 0 Å². The summed E-state index contributed by atoms with van der Waals surface area (Å²) in [6, 6.07) is 5.92. The van der Waals surface area contributed by atoms with Crippen molar-refractivity contribution < 1.29 is 19.4 Å². The zero-order chi connectivity index (χ0) is 13.3. The Morgan fingerprint density at radius 3 is 2.63 bits per heavy atom. The van der Waals surface area contributed by atoms with Crippen LogP contribution in [-0.2, 0) is 11.2 Å². The molecule has 3 rings (SSSR count). The number of fused-ring (bicyclic) bond motifs is 1. The van der Waals surface area contributed by atoms with E-state index in [1.165, 1.54) is 12.8 Å². The summed E-state index contributed by atoms with van der Waals surface area (Å²) in [5.41, 5.74) is 1.36. The molecule has 4 nitrogen and oxygen atoms in total. The van der Waals surface area contributed by atoms with Gasteiger partial charge < -0.3 is 14.6 Å². The summed E-state index contributed by atoms with van der Waals surface area (Å²) < 4.78 is 11.7. The van der Waals surface area contributed by atoms with Gasteiger partial charge in [-0.2, -0.15) is 0 Å². The highest BCUT2D eigenvalue weighted by Crippen LogP contribution is 2.49. The lowest BCUT2D eigenvalue weighted by atomic mass is 10.1. The van der Waals surface area contributed by atoms with Crippen molar-refractivity contribution in [3.05, 3.63) is 23.8 Å². The molecule has 0 saturated heterocycles. The minimum atomic E-state index is -0.745. The van der Waals surface area contributed by atoms with Crippen LogP contribution in [0.2, 0.25) is 0 Å². The van der Waals surface area contributed by atoms with Crippen LogP contribution in [-0.4, -0.2) is 24.3 Å². The van der Waals surface area contributed by atoms with E-state index in [-0.39, 0.29) is 11.8 Å². The monoisotopic (exact) mass is 262 g/mol. The van der Waals surface area contributed by atoms with Crippen molar-refractivity contribution in [2.45, 2.75) is 32.1 Å². The molecule has 4 heteroatoms. The smallest absolute Gasteiger partial charge is 0.303 e. The average Bonchev–Trinajstić information content (AvgIpc) is 3.17. The molecule has 0 amide bonds. The number of rotatable bonds is 4. The Labute approximate surface area is 112 Å². The highest BCUT2D eigenvalue weighted by Gasteiger charge is 2.46. The Bertz CT molecular complexity index is 491. The second-order valence-electron chi connectivity index (χ2n) is 5.61. The van der Waals surface area contributed by atoms with Gasteiger partial charge in [0.05, 0.1) is 13.2 Å². The van der Waals surface area contributed by atoms with Crippen LogP contribution in [0, 0.1) is 5.41 Å². The second-order valence-corrected chi connectivity index (χ2v) is 5.61. The molecule has 1 aromatic rings. The fourth-order valence-corrected chi connectivity index (χ4v) is 2.35. The Kier molecular flexibility index (Phi) is 3.09. The number of aliphatic carboxylic acids is 1. The molecule has 1 aromatic carbocycles. The van der Waals surface area contributed by atoms with Gasteiger partial charge in [-0.15, -0.1) is 0 Å². The lowest BCUT2D eigenvalue weighted by Gasteiger charge is -2.09. The number of benzene rings is 1. The normalized spacial score (nSPS) is 18.9. The lowest BCUT2D eigenvalue weighted by Crippen LogP contribution is -2.17. The van der Waals surface area contributed by atoms with Crippen molar-refractivity contribution in [1.29, 1.82) is 0 Å². The van der Waals surface area contributed by atoms with Gasteiger partial charge in [-0.05, 0) is 43.4 Å². The fourth-order valence-electron chi connectivity index (χ4n) is 2.35. The Hall–Kier alpha value is -1.71. The topological polar surface area (TPSA) is 55.8 Å². The van der Waals surface area contributed by atoms with Gasteiger partial charge in [-0.1, -0.05) is 6.07 Å². The summed E-state index contributed by atoms with van der Waals surface area (Å²) in [6.45, 7) is 1.48. The quantitative estimate of drug-likeness (QED) is 0.906. The van der Waals surface area contributed by atoms with Gasteiger partial charge in [0.1, 0.15) is 0 Å². The number of aryl methyl sites for hydroxylation is 1. The Morgan fingerprint density at radius 2 is 1.95 bits per heavy atom. The Morgan fingerprint density at radius 1 is 1.21 bits per heavy atom.